The van der Waals surface area contributed by atoms with Gasteiger partial charge in [0.05, 0.1) is 13.1 Å². The molecule has 0 aliphatic rings. The Hall–Kier alpha value is -1.40. The predicted molar refractivity (Wildman–Crippen MR) is 64.8 cm³/mol. The fourth-order valence-corrected chi connectivity index (χ4v) is 1.30. The molecule has 0 saturated carbocycles. The van der Waals surface area contributed by atoms with Gasteiger partial charge in [0.15, 0.2) is 0 Å². The van der Waals surface area contributed by atoms with E-state index in [4.69, 9.17) is 5.73 Å². The summed E-state index contributed by atoms with van der Waals surface area (Å²) >= 11 is 3.29. The van der Waals surface area contributed by atoms with E-state index in [0.717, 1.165) is 4.47 Å². The first-order valence-electron chi connectivity index (χ1n) is 4.62. The molecule has 4 N–H and O–H groups in total. The molecular formula is C10H12BrN3O2. The van der Waals surface area contributed by atoms with E-state index >= 15 is 0 Å². The maximum atomic E-state index is 11.3. The van der Waals surface area contributed by atoms with Crippen LogP contribution in [0.25, 0.3) is 0 Å². The lowest BCUT2D eigenvalue weighted by Gasteiger charge is -2.05. The highest BCUT2D eigenvalue weighted by Crippen LogP contribution is 2.13. The molecule has 1 rings (SSSR count). The monoisotopic (exact) mass is 285 g/mol. The molecular weight excluding hydrogens is 274 g/mol. The van der Waals surface area contributed by atoms with E-state index in [2.05, 4.69) is 26.6 Å². The first-order valence-corrected chi connectivity index (χ1v) is 5.41. The van der Waals surface area contributed by atoms with Gasteiger partial charge in [-0.1, -0.05) is 15.9 Å². The molecule has 16 heavy (non-hydrogen) atoms. The third kappa shape index (κ3) is 4.90. The van der Waals surface area contributed by atoms with E-state index in [-0.39, 0.29) is 19.0 Å². The van der Waals surface area contributed by atoms with Crippen LogP contribution in [-0.2, 0) is 9.59 Å². The van der Waals surface area contributed by atoms with Crippen molar-refractivity contribution in [3.05, 3.63) is 28.7 Å². The van der Waals surface area contributed by atoms with Crippen LogP contribution in [0.4, 0.5) is 5.69 Å². The van der Waals surface area contributed by atoms with Crippen LogP contribution in [-0.4, -0.2) is 24.9 Å². The summed E-state index contributed by atoms with van der Waals surface area (Å²) in [5.74, 6) is -0.708. The molecule has 0 fully saturated rings. The van der Waals surface area contributed by atoms with Crippen LogP contribution < -0.4 is 16.4 Å². The molecule has 0 atom stereocenters. The lowest BCUT2D eigenvalue weighted by molar-refractivity contribution is -0.117. The van der Waals surface area contributed by atoms with Crippen LogP contribution in [0.2, 0.25) is 0 Å². The van der Waals surface area contributed by atoms with Crippen molar-refractivity contribution in [1.82, 2.24) is 5.32 Å². The molecule has 1 aromatic rings. The quantitative estimate of drug-likeness (QED) is 0.735. The van der Waals surface area contributed by atoms with Gasteiger partial charge >= 0.3 is 0 Å². The summed E-state index contributed by atoms with van der Waals surface area (Å²) in [4.78, 5) is 21.7. The number of hydrogen-bond donors (Lipinski definition) is 3. The summed E-state index contributed by atoms with van der Waals surface area (Å²) in [6.45, 7) is 0.0484. The summed E-state index contributed by atoms with van der Waals surface area (Å²) in [6, 6.07) is 7.20. The highest BCUT2D eigenvalue weighted by atomic mass is 79.9. The Kier molecular flexibility index (Phi) is 4.94. The average Bonchev–Trinajstić information content (AvgIpc) is 2.21. The summed E-state index contributed by atoms with van der Waals surface area (Å²) in [5.41, 5.74) is 5.61. The Bertz CT molecular complexity index is 378. The van der Waals surface area contributed by atoms with Gasteiger partial charge in [0.2, 0.25) is 11.8 Å². The van der Waals surface area contributed by atoms with Crippen LogP contribution in [0.3, 0.4) is 0 Å². The van der Waals surface area contributed by atoms with Crippen LogP contribution >= 0.6 is 15.9 Å². The fraction of sp³-hybridized carbons (Fsp3) is 0.200. The number of primary amides is 1. The second-order valence-electron chi connectivity index (χ2n) is 3.12. The highest BCUT2D eigenvalue weighted by Gasteiger charge is 2.02. The zero-order chi connectivity index (χ0) is 12.0. The summed E-state index contributed by atoms with van der Waals surface area (Å²) in [5, 5.41) is 5.29. The maximum Gasteiger partial charge on any atom is 0.238 e. The second kappa shape index (κ2) is 6.24. The Labute approximate surface area is 102 Å². The van der Waals surface area contributed by atoms with Crippen LogP contribution in [0.15, 0.2) is 28.7 Å². The van der Waals surface area contributed by atoms with Gasteiger partial charge in [0, 0.05) is 10.2 Å². The zero-order valence-corrected chi connectivity index (χ0v) is 10.1. The van der Waals surface area contributed by atoms with E-state index in [1.807, 2.05) is 12.1 Å². The smallest absolute Gasteiger partial charge is 0.238 e. The standard InChI is InChI=1S/C10H12BrN3O2/c11-7-1-3-8(4-2-7)14-10(16)6-13-5-9(12)15/h1-4,13H,5-6H2,(H2,12,15)(H,14,16). The van der Waals surface area contributed by atoms with Crippen molar-refractivity contribution in [1.29, 1.82) is 0 Å². The number of benzene rings is 1. The van der Waals surface area contributed by atoms with Crippen LogP contribution in [0, 0.1) is 0 Å². The molecule has 86 valence electrons. The third-order valence-corrected chi connectivity index (χ3v) is 2.24. The predicted octanol–water partition coefficient (Wildman–Crippen LogP) is 0.462. The van der Waals surface area contributed by atoms with E-state index < -0.39 is 5.91 Å². The van der Waals surface area contributed by atoms with E-state index in [0.29, 0.717) is 5.69 Å². The zero-order valence-electron chi connectivity index (χ0n) is 8.50. The number of anilines is 1. The molecule has 0 aliphatic heterocycles. The van der Waals surface area contributed by atoms with E-state index in [9.17, 15) is 9.59 Å². The molecule has 0 aliphatic carbocycles. The topological polar surface area (TPSA) is 84.2 Å². The van der Waals surface area contributed by atoms with Gasteiger partial charge in [-0.25, -0.2) is 0 Å². The van der Waals surface area contributed by atoms with Crippen molar-refractivity contribution >= 4 is 33.4 Å². The van der Waals surface area contributed by atoms with Crippen molar-refractivity contribution < 1.29 is 9.59 Å². The molecule has 1 aromatic carbocycles. The third-order valence-electron chi connectivity index (χ3n) is 1.71. The number of nitrogens with one attached hydrogen (secondary N) is 2. The Morgan fingerprint density at radius 2 is 1.81 bits per heavy atom. The summed E-state index contributed by atoms with van der Waals surface area (Å²) < 4.78 is 0.942. The number of nitrogens with two attached hydrogens (primary N) is 1. The Balaban J connectivity index is 2.34. The molecule has 0 bridgehead atoms. The second-order valence-corrected chi connectivity index (χ2v) is 4.04. The Morgan fingerprint density at radius 3 is 2.38 bits per heavy atom. The molecule has 0 aromatic heterocycles. The minimum Gasteiger partial charge on any atom is -0.369 e. The minimum absolute atomic E-state index is 0.00619. The average molecular weight is 286 g/mol. The molecule has 0 unspecified atom stereocenters. The van der Waals surface area contributed by atoms with Crippen molar-refractivity contribution in [2.24, 2.45) is 5.73 Å². The van der Waals surface area contributed by atoms with Gasteiger partial charge in [-0.15, -0.1) is 0 Å². The van der Waals surface area contributed by atoms with Crippen molar-refractivity contribution in [3.8, 4) is 0 Å². The van der Waals surface area contributed by atoms with Gasteiger partial charge in [0.1, 0.15) is 0 Å². The number of rotatable bonds is 5. The van der Waals surface area contributed by atoms with Crippen molar-refractivity contribution in [2.45, 2.75) is 0 Å². The van der Waals surface area contributed by atoms with Gasteiger partial charge in [0.25, 0.3) is 0 Å². The normalized spacial score (nSPS) is 9.81. The molecule has 5 nitrogen and oxygen atoms in total. The number of halogens is 1. The van der Waals surface area contributed by atoms with Gasteiger partial charge < -0.3 is 11.1 Å². The van der Waals surface area contributed by atoms with Crippen molar-refractivity contribution in [3.63, 3.8) is 0 Å². The number of amides is 2. The molecule has 0 saturated heterocycles. The lowest BCUT2D eigenvalue weighted by Crippen LogP contribution is -2.34. The van der Waals surface area contributed by atoms with E-state index in [1.54, 1.807) is 12.1 Å². The molecule has 0 radical (unpaired) electrons. The molecule has 0 spiro atoms. The van der Waals surface area contributed by atoms with Crippen molar-refractivity contribution in [2.75, 3.05) is 18.4 Å². The summed E-state index contributed by atoms with van der Waals surface area (Å²) in [6.07, 6.45) is 0. The Morgan fingerprint density at radius 1 is 1.19 bits per heavy atom. The molecule has 0 heterocycles. The van der Waals surface area contributed by atoms with Gasteiger partial charge in [-0.3, -0.25) is 14.9 Å². The summed E-state index contributed by atoms with van der Waals surface area (Å²) in [7, 11) is 0. The largest absolute Gasteiger partial charge is 0.369 e. The van der Waals surface area contributed by atoms with Crippen LogP contribution in [0.1, 0.15) is 0 Å². The number of carbonyl (C=O) groups is 2. The number of carbonyl (C=O) groups excluding carboxylic acids is 2. The van der Waals surface area contributed by atoms with Gasteiger partial charge in [-0.05, 0) is 24.3 Å². The van der Waals surface area contributed by atoms with E-state index in [1.165, 1.54) is 0 Å². The minimum atomic E-state index is -0.489. The van der Waals surface area contributed by atoms with Crippen LogP contribution in [0.5, 0.6) is 0 Å². The first kappa shape index (κ1) is 12.7. The molecule has 6 heteroatoms. The fourth-order valence-electron chi connectivity index (χ4n) is 1.04. The SMILES string of the molecule is NC(=O)CNCC(=O)Nc1ccc(Br)cc1. The highest BCUT2D eigenvalue weighted by molar-refractivity contribution is 9.10. The molecule has 2 amide bonds. The van der Waals surface area contributed by atoms with Gasteiger partial charge in [-0.2, -0.15) is 0 Å². The maximum absolute atomic E-state index is 11.3. The lowest BCUT2D eigenvalue weighted by atomic mass is 10.3. The first-order chi connectivity index (χ1) is 7.58. The number of hydrogen-bond acceptors (Lipinski definition) is 3.